The molecule has 0 unspecified atom stereocenters. The van der Waals surface area contributed by atoms with Gasteiger partial charge in [-0.15, -0.1) is 0 Å². The lowest BCUT2D eigenvalue weighted by Gasteiger charge is -2.04. The number of H-pyrrole nitrogens is 1. The van der Waals surface area contributed by atoms with Crippen molar-refractivity contribution < 1.29 is 0 Å². The number of nitrogens with one attached hydrogen (secondary N) is 1. The molecule has 0 atom stereocenters. The standard InChI is InChI=1S/C17H13N3/c18-12-6-4-11(5-7-12)13-2-1-3-15-14-8-9-19-10-16(14)20-17(13)15/h1-10,20H,18H2. The highest BCUT2D eigenvalue weighted by Crippen LogP contribution is 2.32. The lowest BCUT2D eigenvalue weighted by molar-refractivity contribution is 1.35. The Bertz CT molecular complexity index is 904. The van der Waals surface area contributed by atoms with Crippen molar-refractivity contribution in [3.05, 3.63) is 60.9 Å². The van der Waals surface area contributed by atoms with Gasteiger partial charge in [-0.2, -0.15) is 0 Å². The van der Waals surface area contributed by atoms with Gasteiger partial charge in [0.25, 0.3) is 0 Å². The van der Waals surface area contributed by atoms with Crippen LogP contribution < -0.4 is 5.73 Å². The summed E-state index contributed by atoms with van der Waals surface area (Å²) in [7, 11) is 0. The monoisotopic (exact) mass is 259 g/mol. The topological polar surface area (TPSA) is 54.7 Å². The third-order valence-corrected chi connectivity index (χ3v) is 3.66. The molecule has 0 radical (unpaired) electrons. The highest BCUT2D eigenvalue weighted by atomic mass is 14.7. The molecular formula is C17H13N3. The smallest absolute Gasteiger partial charge is 0.0651 e. The van der Waals surface area contributed by atoms with Gasteiger partial charge in [0.1, 0.15) is 0 Å². The first-order valence-corrected chi connectivity index (χ1v) is 6.53. The zero-order chi connectivity index (χ0) is 13.5. The van der Waals surface area contributed by atoms with Crippen molar-refractivity contribution >= 4 is 27.5 Å². The van der Waals surface area contributed by atoms with Gasteiger partial charge in [-0.3, -0.25) is 4.98 Å². The van der Waals surface area contributed by atoms with E-state index in [0.29, 0.717) is 0 Å². The van der Waals surface area contributed by atoms with Gasteiger partial charge in [0.2, 0.25) is 0 Å². The molecule has 20 heavy (non-hydrogen) atoms. The Balaban J connectivity index is 2.07. The minimum Gasteiger partial charge on any atom is -0.399 e. The third kappa shape index (κ3) is 1.57. The summed E-state index contributed by atoms with van der Waals surface area (Å²) >= 11 is 0. The Labute approximate surface area is 116 Å². The van der Waals surface area contributed by atoms with E-state index in [4.69, 9.17) is 5.73 Å². The van der Waals surface area contributed by atoms with Crippen molar-refractivity contribution in [3.63, 3.8) is 0 Å². The summed E-state index contributed by atoms with van der Waals surface area (Å²) in [6, 6.07) is 16.3. The Hall–Kier alpha value is -2.81. The van der Waals surface area contributed by atoms with Crippen LogP contribution in [0.4, 0.5) is 5.69 Å². The van der Waals surface area contributed by atoms with Crippen molar-refractivity contribution in [2.45, 2.75) is 0 Å². The van der Waals surface area contributed by atoms with Gasteiger partial charge in [-0.25, -0.2) is 0 Å². The molecule has 4 aromatic rings. The first-order chi connectivity index (χ1) is 9.83. The number of nitrogens with two attached hydrogens (primary N) is 1. The van der Waals surface area contributed by atoms with Crippen LogP contribution in [-0.4, -0.2) is 9.97 Å². The van der Waals surface area contributed by atoms with Crippen LogP contribution in [0.15, 0.2) is 60.9 Å². The number of para-hydroxylation sites is 1. The van der Waals surface area contributed by atoms with Crippen LogP contribution in [0.5, 0.6) is 0 Å². The van der Waals surface area contributed by atoms with Crippen molar-refractivity contribution in [1.82, 2.24) is 9.97 Å². The molecule has 96 valence electrons. The lowest BCUT2D eigenvalue weighted by atomic mass is 10.0. The fourth-order valence-corrected chi connectivity index (χ4v) is 2.68. The lowest BCUT2D eigenvalue weighted by Crippen LogP contribution is -1.84. The van der Waals surface area contributed by atoms with Crippen LogP contribution in [-0.2, 0) is 0 Å². The van der Waals surface area contributed by atoms with E-state index in [1.807, 2.05) is 42.7 Å². The number of hydrogen-bond acceptors (Lipinski definition) is 2. The van der Waals surface area contributed by atoms with Crippen LogP contribution in [0.25, 0.3) is 32.9 Å². The van der Waals surface area contributed by atoms with E-state index in [-0.39, 0.29) is 0 Å². The van der Waals surface area contributed by atoms with Gasteiger partial charge in [0.05, 0.1) is 17.2 Å². The second-order valence-electron chi connectivity index (χ2n) is 4.90. The van der Waals surface area contributed by atoms with E-state index < -0.39 is 0 Å². The fourth-order valence-electron chi connectivity index (χ4n) is 2.68. The summed E-state index contributed by atoms with van der Waals surface area (Å²) in [6.07, 6.45) is 3.69. The van der Waals surface area contributed by atoms with Crippen molar-refractivity contribution in [2.75, 3.05) is 5.73 Å². The molecule has 2 aromatic carbocycles. The van der Waals surface area contributed by atoms with Crippen LogP contribution >= 0.6 is 0 Å². The predicted molar refractivity (Wildman–Crippen MR) is 83.4 cm³/mol. The highest BCUT2D eigenvalue weighted by molar-refractivity contribution is 6.11. The second-order valence-corrected chi connectivity index (χ2v) is 4.90. The number of benzene rings is 2. The van der Waals surface area contributed by atoms with Crippen LogP contribution in [0.3, 0.4) is 0 Å². The van der Waals surface area contributed by atoms with Gasteiger partial charge in [-0.1, -0.05) is 30.3 Å². The number of fused-ring (bicyclic) bond motifs is 3. The predicted octanol–water partition coefficient (Wildman–Crippen LogP) is 3.97. The van der Waals surface area contributed by atoms with Gasteiger partial charge in [0.15, 0.2) is 0 Å². The number of hydrogen-bond donors (Lipinski definition) is 2. The summed E-state index contributed by atoms with van der Waals surface area (Å²) in [5.74, 6) is 0. The van der Waals surface area contributed by atoms with Crippen LogP contribution in [0.2, 0.25) is 0 Å². The summed E-state index contributed by atoms with van der Waals surface area (Å²) in [5.41, 5.74) is 11.1. The molecular weight excluding hydrogens is 246 g/mol. The van der Waals surface area contributed by atoms with Gasteiger partial charge in [0, 0.05) is 28.2 Å². The van der Waals surface area contributed by atoms with Crippen molar-refractivity contribution in [2.24, 2.45) is 0 Å². The minimum absolute atomic E-state index is 0.779. The Morgan fingerprint density at radius 2 is 1.75 bits per heavy atom. The number of aromatic amines is 1. The maximum absolute atomic E-state index is 5.76. The average Bonchev–Trinajstić information content (AvgIpc) is 2.87. The normalized spacial score (nSPS) is 11.2. The molecule has 2 heterocycles. The summed E-state index contributed by atoms with van der Waals surface area (Å²) in [5, 5.41) is 2.42. The maximum Gasteiger partial charge on any atom is 0.0651 e. The first-order valence-electron chi connectivity index (χ1n) is 6.53. The third-order valence-electron chi connectivity index (χ3n) is 3.66. The SMILES string of the molecule is Nc1ccc(-c2cccc3c2[nH]c2cnccc23)cc1. The second kappa shape index (κ2) is 4.10. The van der Waals surface area contributed by atoms with E-state index in [1.54, 1.807) is 0 Å². The number of nitrogens with zero attached hydrogens (tertiary/aromatic N) is 1. The van der Waals surface area contributed by atoms with Crippen molar-refractivity contribution in [1.29, 1.82) is 0 Å². The molecule has 3 N–H and O–H groups in total. The molecule has 3 heteroatoms. The molecule has 0 amide bonds. The molecule has 3 nitrogen and oxygen atoms in total. The average molecular weight is 259 g/mol. The zero-order valence-corrected chi connectivity index (χ0v) is 10.8. The van der Waals surface area contributed by atoms with E-state index >= 15 is 0 Å². The van der Waals surface area contributed by atoms with E-state index in [9.17, 15) is 0 Å². The molecule has 0 spiro atoms. The molecule has 0 aliphatic carbocycles. The molecule has 0 fully saturated rings. The number of nitrogen functional groups attached to an aromatic ring is 1. The quantitative estimate of drug-likeness (QED) is 0.508. The van der Waals surface area contributed by atoms with Crippen molar-refractivity contribution in [3.8, 4) is 11.1 Å². The molecule has 0 saturated heterocycles. The molecule has 0 bridgehead atoms. The van der Waals surface area contributed by atoms with Crippen LogP contribution in [0.1, 0.15) is 0 Å². The highest BCUT2D eigenvalue weighted by Gasteiger charge is 2.09. The van der Waals surface area contributed by atoms with Gasteiger partial charge >= 0.3 is 0 Å². The molecule has 0 saturated carbocycles. The zero-order valence-electron chi connectivity index (χ0n) is 10.8. The Kier molecular flexibility index (Phi) is 2.27. The minimum atomic E-state index is 0.779. The molecule has 2 aromatic heterocycles. The number of aromatic nitrogens is 2. The number of pyridine rings is 1. The maximum atomic E-state index is 5.76. The molecule has 0 aliphatic heterocycles. The Morgan fingerprint density at radius 3 is 2.60 bits per heavy atom. The summed E-state index contributed by atoms with van der Waals surface area (Å²) in [6.45, 7) is 0. The number of rotatable bonds is 1. The molecule has 0 aliphatic rings. The van der Waals surface area contributed by atoms with E-state index in [2.05, 4.69) is 28.2 Å². The number of anilines is 1. The van der Waals surface area contributed by atoms with E-state index in [0.717, 1.165) is 22.3 Å². The van der Waals surface area contributed by atoms with Gasteiger partial charge in [-0.05, 0) is 23.8 Å². The van der Waals surface area contributed by atoms with E-state index in [1.165, 1.54) is 16.3 Å². The largest absolute Gasteiger partial charge is 0.399 e. The summed E-state index contributed by atoms with van der Waals surface area (Å²) in [4.78, 5) is 7.64. The molecule has 4 rings (SSSR count). The Morgan fingerprint density at radius 1 is 0.900 bits per heavy atom. The summed E-state index contributed by atoms with van der Waals surface area (Å²) < 4.78 is 0. The van der Waals surface area contributed by atoms with Gasteiger partial charge < -0.3 is 10.7 Å². The fraction of sp³-hybridized carbons (Fsp3) is 0. The van der Waals surface area contributed by atoms with Crippen LogP contribution in [0, 0.1) is 0 Å². The first kappa shape index (κ1) is 11.1.